The van der Waals surface area contributed by atoms with Crippen LogP contribution in [0.2, 0.25) is 0 Å². The topological polar surface area (TPSA) is 92.0 Å². The lowest BCUT2D eigenvalue weighted by Gasteiger charge is -2.18. The van der Waals surface area contributed by atoms with Crippen molar-refractivity contribution in [3.63, 3.8) is 0 Å². The minimum atomic E-state index is -0.561. The zero-order chi connectivity index (χ0) is 19.0. The summed E-state index contributed by atoms with van der Waals surface area (Å²) in [5, 5.41) is 21.7. The van der Waals surface area contributed by atoms with Crippen molar-refractivity contribution in [3.8, 4) is 11.4 Å². The molecule has 3 aromatic rings. The number of carbonyl (C=O) groups is 1. The molecule has 27 heavy (non-hydrogen) atoms. The number of amides is 1. The number of aryl methyl sites for hydroxylation is 2. The summed E-state index contributed by atoms with van der Waals surface area (Å²) in [6, 6.07) is 7.62. The van der Waals surface area contributed by atoms with Gasteiger partial charge in [-0.25, -0.2) is 0 Å². The van der Waals surface area contributed by atoms with E-state index in [1.54, 1.807) is 6.07 Å². The van der Waals surface area contributed by atoms with Crippen molar-refractivity contribution in [1.82, 2.24) is 29.4 Å². The van der Waals surface area contributed by atoms with E-state index >= 15 is 0 Å². The third-order valence-electron chi connectivity index (χ3n) is 5.06. The van der Waals surface area contributed by atoms with Crippen LogP contribution in [0.1, 0.15) is 47.7 Å². The predicted octanol–water partition coefficient (Wildman–Crippen LogP) is 2.10. The van der Waals surface area contributed by atoms with Crippen molar-refractivity contribution in [2.45, 2.75) is 39.0 Å². The molecule has 0 saturated heterocycles. The van der Waals surface area contributed by atoms with Gasteiger partial charge in [-0.05, 0) is 37.1 Å². The van der Waals surface area contributed by atoms with Gasteiger partial charge in [0.1, 0.15) is 11.4 Å². The number of carbonyl (C=O) groups excluding carboxylic acids is 1. The van der Waals surface area contributed by atoms with E-state index in [2.05, 4.69) is 15.3 Å². The Morgan fingerprint density at radius 2 is 2.22 bits per heavy atom. The molecule has 1 atom stereocenters. The van der Waals surface area contributed by atoms with Crippen LogP contribution in [0.25, 0.3) is 11.4 Å². The Labute approximate surface area is 157 Å². The van der Waals surface area contributed by atoms with E-state index in [9.17, 15) is 9.90 Å². The summed E-state index contributed by atoms with van der Waals surface area (Å²) in [7, 11) is 1.95. The van der Waals surface area contributed by atoms with E-state index in [1.807, 2.05) is 52.5 Å². The molecule has 1 amide bonds. The van der Waals surface area contributed by atoms with E-state index in [0.717, 1.165) is 30.0 Å². The molecule has 1 aliphatic heterocycles. The number of fused-ring (bicyclic) bond motifs is 1. The predicted molar refractivity (Wildman–Crippen MR) is 99.8 cm³/mol. The third kappa shape index (κ3) is 3.28. The Morgan fingerprint density at radius 3 is 2.96 bits per heavy atom. The lowest BCUT2D eigenvalue weighted by molar-refractivity contribution is 0.0739. The number of rotatable bonds is 4. The van der Waals surface area contributed by atoms with Crippen LogP contribution >= 0.6 is 0 Å². The minimum absolute atomic E-state index is 0.0739. The number of nitrogens with zero attached hydrogens (tertiary/aromatic N) is 5. The molecule has 4 heterocycles. The molecule has 2 N–H and O–H groups in total. The SMILES string of the molecule is CC[C@@H](O)c1cc2n(n1)CCCN(C(=O)c1cc(-c3cccn3C)n[nH]1)C2. The summed E-state index contributed by atoms with van der Waals surface area (Å²) in [6.07, 6.45) is 2.83. The second-order valence-corrected chi connectivity index (χ2v) is 6.96. The molecule has 0 spiro atoms. The van der Waals surface area contributed by atoms with Gasteiger partial charge in [-0.1, -0.05) is 6.92 Å². The Bertz CT molecular complexity index is 953. The number of aromatic nitrogens is 5. The first-order valence-electron chi connectivity index (χ1n) is 9.28. The first-order chi connectivity index (χ1) is 13.1. The minimum Gasteiger partial charge on any atom is -0.387 e. The van der Waals surface area contributed by atoms with Crippen molar-refractivity contribution in [2.24, 2.45) is 7.05 Å². The highest BCUT2D eigenvalue weighted by atomic mass is 16.3. The van der Waals surface area contributed by atoms with Crippen LogP contribution in [0, 0.1) is 0 Å². The van der Waals surface area contributed by atoms with E-state index in [1.165, 1.54) is 0 Å². The van der Waals surface area contributed by atoms with Crippen LogP contribution in [0.5, 0.6) is 0 Å². The number of aliphatic hydroxyl groups excluding tert-OH is 1. The number of hydrogen-bond donors (Lipinski definition) is 2. The van der Waals surface area contributed by atoms with Gasteiger partial charge in [-0.2, -0.15) is 10.2 Å². The summed E-state index contributed by atoms with van der Waals surface area (Å²) in [4.78, 5) is 14.8. The number of aliphatic hydroxyl groups is 1. The zero-order valence-electron chi connectivity index (χ0n) is 15.6. The van der Waals surface area contributed by atoms with Crippen molar-refractivity contribution in [1.29, 1.82) is 0 Å². The van der Waals surface area contributed by atoms with E-state index < -0.39 is 6.10 Å². The Hall–Kier alpha value is -2.87. The van der Waals surface area contributed by atoms with Crippen LogP contribution in [0.4, 0.5) is 0 Å². The second kappa shape index (κ2) is 7.03. The van der Waals surface area contributed by atoms with Gasteiger partial charge in [0.25, 0.3) is 5.91 Å². The van der Waals surface area contributed by atoms with Gasteiger partial charge in [0.2, 0.25) is 0 Å². The molecule has 0 saturated carbocycles. The molecular formula is C19H24N6O2. The molecule has 0 bridgehead atoms. The van der Waals surface area contributed by atoms with Crippen molar-refractivity contribution in [3.05, 3.63) is 47.5 Å². The summed E-state index contributed by atoms with van der Waals surface area (Å²) in [6.45, 7) is 3.80. The van der Waals surface area contributed by atoms with Crippen LogP contribution in [-0.4, -0.2) is 47.0 Å². The van der Waals surface area contributed by atoms with Crippen LogP contribution < -0.4 is 0 Å². The zero-order valence-corrected chi connectivity index (χ0v) is 15.6. The largest absolute Gasteiger partial charge is 0.387 e. The first-order valence-corrected chi connectivity index (χ1v) is 9.28. The number of nitrogens with one attached hydrogen (secondary N) is 1. The highest BCUT2D eigenvalue weighted by Gasteiger charge is 2.24. The molecular weight excluding hydrogens is 344 g/mol. The third-order valence-corrected chi connectivity index (χ3v) is 5.06. The maximum atomic E-state index is 13.0. The Kier molecular flexibility index (Phi) is 4.57. The molecule has 0 aromatic carbocycles. The van der Waals surface area contributed by atoms with Gasteiger partial charge in [0.15, 0.2) is 0 Å². The average molecular weight is 368 g/mol. The molecule has 0 aliphatic carbocycles. The molecule has 1 aliphatic rings. The van der Waals surface area contributed by atoms with Crippen molar-refractivity contribution < 1.29 is 9.90 Å². The molecule has 3 aromatic heterocycles. The summed E-state index contributed by atoms with van der Waals surface area (Å²) >= 11 is 0. The molecule has 8 nitrogen and oxygen atoms in total. The Morgan fingerprint density at radius 1 is 1.37 bits per heavy atom. The monoisotopic (exact) mass is 368 g/mol. The van der Waals surface area contributed by atoms with Crippen LogP contribution in [0.3, 0.4) is 0 Å². The lowest BCUT2D eigenvalue weighted by Crippen LogP contribution is -2.31. The van der Waals surface area contributed by atoms with Gasteiger partial charge >= 0.3 is 0 Å². The Balaban J connectivity index is 1.55. The van der Waals surface area contributed by atoms with Gasteiger partial charge in [0, 0.05) is 26.3 Å². The molecule has 8 heteroatoms. The maximum Gasteiger partial charge on any atom is 0.272 e. The average Bonchev–Trinajstić information content (AvgIpc) is 3.37. The van der Waals surface area contributed by atoms with Crippen LogP contribution in [-0.2, 0) is 20.1 Å². The molecule has 0 radical (unpaired) electrons. The lowest BCUT2D eigenvalue weighted by atomic mass is 10.2. The molecule has 0 fully saturated rings. The summed E-state index contributed by atoms with van der Waals surface area (Å²) < 4.78 is 3.87. The molecule has 0 unspecified atom stereocenters. The van der Waals surface area contributed by atoms with Gasteiger partial charge in [-0.15, -0.1) is 0 Å². The quantitative estimate of drug-likeness (QED) is 0.738. The van der Waals surface area contributed by atoms with Gasteiger partial charge in [0.05, 0.1) is 29.7 Å². The molecule has 4 rings (SSSR count). The first kappa shape index (κ1) is 17.5. The summed E-state index contributed by atoms with van der Waals surface area (Å²) in [5.41, 5.74) is 3.81. The fourth-order valence-corrected chi connectivity index (χ4v) is 3.49. The summed E-state index contributed by atoms with van der Waals surface area (Å²) in [5.74, 6) is -0.0739. The fourth-order valence-electron chi connectivity index (χ4n) is 3.49. The normalized spacial score (nSPS) is 15.4. The van der Waals surface area contributed by atoms with Gasteiger partial charge in [-0.3, -0.25) is 14.6 Å². The second-order valence-electron chi connectivity index (χ2n) is 6.96. The van der Waals surface area contributed by atoms with E-state index in [4.69, 9.17) is 0 Å². The van der Waals surface area contributed by atoms with Gasteiger partial charge < -0.3 is 14.6 Å². The van der Waals surface area contributed by atoms with E-state index in [-0.39, 0.29) is 5.91 Å². The standard InChI is InChI=1S/C19H24N6O2/c1-3-18(26)15-10-13-12-24(8-5-9-25(13)22-15)19(27)16-11-14(20-21-16)17-6-4-7-23(17)2/h4,6-7,10-11,18,26H,3,5,8-9,12H2,1-2H3,(H,20,21)/t18-/m1/s1. The highest BCUT2D eigenvalue weighted by Crippen LogP contribution is 2.22. The number of aromatic amines is 1. The number of hydrogen-bond acceptors (Lipinski definition) is 4. The van der Waals surface area contributed by atoms with Crippen molar-refractivity contribution in [2.75, 3.05) is 6.54 Å². The van der Waals surface area contributed by atoms with Crippen molar-refractivity contribution >= 4 is 5.91 Å². The maximum absolute atomic E-state index is 13.0. The number of H-pyrrole nitrogens is 1. The van der Waals surface area contributed by atoms with Crippen LogP contribution in [0.15, 0.2) is 30.5 Å². The highest BCUT2D eigenvalue weighted by molar-refractivity contribution is 5.93. The van der Waals surface area contributed by atoms with E-state index in [0.29, 0.717) is 30.9 Å². The molecule has 142 valence electrons. The fraction of sp³-hybridized carbons (Fsp3) is 0.421. The smallest absolute Gasteiger partial charge is 0.272 e.